The maximum absolute atomic E-state index is 12.7. The molecule has 0 radical (unpaired) electrons. The van der Waals surface area contributed by atoms with Crippen LogP contribution < -0.4 is 10.6 Å². The maximum Gasteiger partial charge on any atom is 0.416 e. The van der Waals surface area contributed by atoms with Crippen molar-refractivity contribution in [2.24, 2.45) is 0 Å². The van der Waals surface area contributed by atoms with Crippen LogP contribution in [0, 0.1) is 0 Å². The molecular weight excluding hydrogens is 283 g/mol. The first-order valence-corrected chi connectivity index (χ1v) is 6.02. The van der Waals surface area contributed by atoms with Crippen LogP contribution in [-0.2, 0) is 6.18 Å². The molecule has 0 atom stereocenters. The summed E-state index contributed by atoms with van der Waals surface area (Å²) in [5.41, 5.74) is -0.186. The monoisotopic (exact) mass is 295 g/mol. The topological polar surface area (TPSA) is 54.0 Å². The number of benzene rings is 1. The Kier molecular flexibility index (Phi) is 4.11. The first-order chi connectivity index (χ1) is 9.91. The molecular formula is C14H12F3N3O. The number of rotatable bonds is 3. The summed E-state index contributed by atoms with van der Waals surface area (Å²) in [6, 6.07) is 6.07. The van der Waals surface area contributed by atoms with Crippen molar-refractivity contribution >= 4 is 17.3 Å². The molecule has 0 aliphatic heterocycles. The zero-order valence-electron chi connectivity index (χ0n) is 11.0. The van der Waals surface area contributed by atoms with Crippen molar-refractivity contribution in [3.8, 4) is 0 Å². The predicted molar refractivity (Wildman–Crippen MR) is 73.2 cm³/mol. The number of carbonyl (C=O) groups excluding carboxylic acids is 1. The van der Waals surface area contributed by atoms with Gasteiger partial charge >= 0.3 is 6.18 Å². The van der Waals surface area contributed by atoms with Crippen LogP contribution in [0.15, 0.2) is 42.7 Å². The van der Waals surface area contributed by atoms with E-state index in [1.807, 2.05) is 0 Å². The number of halogens is 3. The Morgan fingerprint density at radius 3 is 2.38 bits per heavy atom. The molecule has 2 N–H and O–H groups in total. The Bertz CT molecular complexity index is 642. The molecule has 21 heavy (non-hydrogen) atoms. The molecule has 0 bridgehead atoms. The second kappa shape index (κ2) is 5.82. The number of pyridine rings is 1. The minimum absolute atomic E-state index is 0.0795. The molecule has 0 unspecified atom stereocenters. The number of aromatic nitrogens is 1. The number of amides is 1. The van der Waals surface area contributed by atoms with Gasteiger partial charge < -0.3 is 10.6 Å². The van der Waals surface area contributed by atoms with Gasteiger partial charge in [0.25, 0.3) is 5.91 Å². The minimum Gasteiger partial charge on any atom is -0.387 e. The lowest BCUT2D eigenvalue weighted by Crippen LogP contribution is -2.16. The molecule has 0 aliphatic rings. The van der Waals surface area contributed by atoms with Crippen molar-refractivity contribution in [1.29, 1.82) is 0 Å². The summed E-state index contributed by atoms with van der Waals surface area (Å²) in [6.45, 7) is 0. The van der Waals surface area contributed by atoms with Crippen LogP contribution in [0.1, 0.15) is 15.9 Å². The second-order valence-corrected chi connectivity index (χ2v) is 4.20. The summed E-state index contributed by atoms with van der Waals surface area (Å²) < 4.78 is 38.2. The van der Waals surface area contributed by atoms with Gasteiger partial charge in [-0.15, -0.1) is 0 Å². The molecule has 2 aromatic rings. The van der Waals surface area contributed by atoms with Gasteiger partial charge in [0.2, 0.25) is 0 Å². The summed E-state index contributed by atoms with van der Waals surface area (Å²) in [7, 11) is 1.53. The molecule has 0 aliphatic carbocycles. The van der Waals surface area contributed by atoms with Crippen LogP contribution in [0.4, 0.5) is 24.5 Å². The van der Waals surface area contributed by atoms with E-state index in [0.717, 1.165) is 12.1 Å². The van der Waals surface area contributed by atoms with Crippen LogP contribution in [-0.4, -0.2) is 17.9 Å². The Hall–Kier alpha value is -2.57. The van der Waals surface area contributed by atoms with Crippen LogP contribution in [0.25, 0.3) is 0 Å². The van der Waals surface area contributed by atoms with E-state index in [1.54, 1.807) is 12.1 Å². The molecule has 0 saturated heterocycles. The smallest absolute Gasteiger partial charge is 0.387 e. The second-order valence-electron chi connectivity index (χ2n) is 4.20. The lowest BCUT2D eigenvalue weighted by Gasteiger charge is -2.13. The van der Waals surface area contributed by atoms with Crippen molar-refractivity contribution in [3.63, 3.8) is 0 Å². The van der Waals surface area contributed by atoms with E-state index in [2.05, 4.69) is 15.6 Å². The number of anilines is 2. The number of nitrogens with one attached hydrogen (secondary N) is 2. The molecule has 0 spiro atoms. The van der Waals surface area contributed by atoms with Crippen LogP contribution in [0.5, 0.6) is 0 Å². The first kappa shape index (κ1) is 14.8. The molecule has 2 rings (SSSR count). The SMILES string of the molecule is CNc1ccc(C(F)(F)F)cc1C(=O)Nc1ccncc1. The van der Waals surface area contributed by atoms with Crippen molar-refractivity contribution in [2.45, 2.75) is 6.18 Å². The number of alkyl halides is 3. The average molecular weight is 295 g/mol. The molecule has 0 saturated carbocycles. The highest BCUT2D eigenvalue weighted by Crippen LogP contribution is 2.32. The Balaban J connectivity index is 2.34. The highest BCUT2D eigenvalue weighted by atomic mass is 19.4. The summed E-state index contributed by atoms with van der Waals surface area (Å²) in [5, 5.41) is 5.23. The van der Waals surface area contributed by atoms with Crippen LogP contribution in [0.3, 0.4) is 0 Å². The Morgan fingerprint density at radius 1 is 1.14 bits per heavy atom. The third-order valence-electron chi connectivity index (χ3n) is 2.80. The number of hydrogen-bond acceptors (Lipinski definition) is 3. The molecule has 1 heterocycles. The van der Waals surface area contributed by atoms with E-state index in [1.165, 1.54) is 25.5 Å². The number of hydrogen-bond donors (Lipinski definition) is 2. The first-order valence-electron chi connectivity index (χ1n) is 6.02. The number of carbonyl (C=O) groups is 1. The van der Waals surface area contributed by atoms with E-state index >= 15 is 0 Å². The Labute approximate surface area is 119 Å². The van der Waals surface area contributed by atoms with Gasteiger partial charge in [0, 0.05) is 30.8 Å². The van der Waals surface area contributed by atoms with E-state index in [9.17, 15) is 18.0 Å². The van der Waals surface area contributed by atoms with Gasteiger partial charge in [-0.25, -0.2) is 0 Å². The molecule has 7 heteroatoms. The highest BCUT2D eigenvalue weighted by molar-refractivity contribution is 6.08. The van der Waals surface area contributed by atoms with Gasteiger partial charge in [0.1, 0.15) is 0 Å². The van der Waals surface area contributed by atoms with Crippen molar-refractivity contribution < 1.29 is 18.0 Å². The van der Waals surface area contributed by atoms with Crippen molar-refractivity contribution in [3.05, 3.63) is 53.9 Å². The van der Waals surface area contributed by atoms with Crippen molar-refractivity contribution in [1.82, 2.24) is 4.98 Å². The molecule has 1 amide bonds. The standard InChI is InChI=1S/C14H12F3N3O/c1-18-12-3-2-9(14(15,16)17)8-11(12)13(21)20-10-4-6-19-7-5-10/h2-8,18H,1H3,(H,19,20,21). The number of nitrogens with zero attached hydrogens (tertiary/aromatic N) is 1. The minimum atomic E-state index is -4.50. The van der Waals surface area contributed by atoms with E-state index in [4.69, 9.17) is 0 Å². The molecule has 1 aromatic heterocycles. The fourth-order valence-corrected chi connectivity index (χ4v) is 1.76. The normalized spacial score (nSPS) is 11.0. The van der Waals surface area contributed by atoms with Gasteiger partial charge in [-0.2, -0.15) is 13.2 Å². The lowest BCUT2D eigenvalue weighted by molar-refractivity contribution is -0.137. The summed E-state index contributed by atoms with van der Waals surface area (Å²) >= 11 is 0. The van der Waals surface area contributed by atoms with Crippen LogP contribution >= 0.6 is 0 Å². The van der Waals surface area contributed by atoms with Gasteiger partial charge in [0.15, 0.2) is 0 Å². The quantitative estimate of drug-likeness (QED) is 0.912. The summed E-state index contributed by atoms with van der Waals surface area (Å²) in [6.07, 6.45) is -1.56. The zero-order chi connectivity index (χ0) is 15.5. The third kappa shape index (κ3) is 3.50. The largest absolute Gasteiger partial charge is 0.416 e. The fraction of sp³-hybridized carbons (Fsp3) is 0.143. The summed E-state index contributed by atoms with van der Waals surface area (Å²) in [5.74, 6) is -0.628. The van der Waals surface area contributed by atoms with Gasteiger partial charge in [-0.3, -0.25) is 9.78 Å². The van der Waals surface area contributed by atoms with E-state index in [-0.39, 0.29) is 5.56 Å². The summed E-state index contributed by atoms with van der Waals surface area (Å²) in [4.78, 5) is 15.9. The highest BCUT2D eigenvalue weighted by Gasteiger charge is 2.31. The van der Waals surface area contributed by atoms with Gasteiger partial charge in [-0.1, -0.05) is 0 Å². The molecule has 4 nitrogen and oxygen atoms in total. The molecule has 0 fully saturated rings. The average Bonchev–Trinajstić information content (AvgIpc) is 2.46. The lowest BCUT2D eigenvalue weighted by atomic mass is 10.1. The Morgan fingerprint density at radius 2 is 1.81 bits per heavy atom. The fourth-order valence-electron chi connectivity index (χ4n) is 1.76. The van der Waals surface area contributed by atoms with E-state index in [0.29, 0.717) is 11.4 Å². The van der Waals surface area contributed by atoms with Crippen LogP contribution in [0.2, 0.25) is 0 Å². The van der Waals surface area contributed by atoms with Gasteiger partial charge in [-0.05, 0) is 30.3 Å². The molecule has 1 aromatic carbocycles. The zero-order valence-corrected chi connectivity index (χ0v) is 11.0. The molecule has 110 valence electrons. The van der Waals surface area contributed by atoms with Gasteiger partial charge in [0.05, 0.1) is 11.1 Å². The predicted octanol–water partition coefficient (Wildman–Crippen LogP) is 3.39. The van der Waals surface area contributed by atoms with E-state index < -0.39 is 17.6 Å². The van der Waals surface area contributed by atoms with Crippen molar-refractivity contribution in [2.75, 3.05) is 17.7 Å². The maximum atomic E-state index is 12.7. The third-order valence-corrected chi connectivity index (χ3v) is 2.80.